The highest BCUT2D eigenvalue weighted by Gasteiger charge is 2.15. The van der Waals surface area contributed by atoms with E-state index in [2.05, 4.69) is 22.6 Å². The largest absolute Gasteiger partial charge is 0.460 e. The standard InChI is InChI=1S/C27H53IO10/c1-27(2,3)38-26(29)8-11-31-13-15-33-17-19-35-21-23-37-25-24-36-22-20-34-18-16-32-14-12-30-10-7-5-4-6-9-28/h4-25H2,1-3H3. The van der Waals surface area contributed by atoms with Crippen LogP contribution in [-0.2, 0) is 47.4 Å². The highest BCUT2D eigenvalue weighted by Crippen LogP contribution is 2.08. The molecule has 11 heteroatoms. The van der Waals surface area contributed by atoms with Gasteiger partial charge in [-0.2, -0.15) is 0 Å². The SMILES string of the molecule is CC(C)(C)OC(=O)CCOCCOCCOCCOCCOCCOCCOCCOCCCCCCI. The van der Waals surface area contributed by atoms with Crippen LogP contribution >= 0.6 is 22.6 Å². The number of rotatable bonds is 30. The monoisotopic (exact) mass is 664 g/mol. The molecular weight excluding hydrogens is 611 g/mol. The Labute approximate surface area is 244 Å². The van der Waals surface area contributed by atoms with Gasteiger partial charge in [0.05, 0.1) is 106 Å². The number of hydrogen-bond acceptors (Lipinski definition) is 10. The van der Waals surface area contributed by atoms with Crippen molar-refractivity contribution in [3.63, 3.8) is 0 Å². The Bertz CT molecular complexity index is 491. The number of halogens is 1. The Morgan fingerprint density at radius 2 is 0.789 bits per heavy atom. The minimum Gasteiger partial charge on any atom is -0.460 e. The van der Waals surface area contributed by atoms with Gasteiger partial charge in [-0.05, 0) is 38.0 Å². The van der Waals surface area contributed by atoms with Gasteiger partial charge in [-0.1, -0.05) is 35.4 Å². The van der Waals surface area contributed by atoms with Gasteiger partial charge in [-0.25, -0.2) is 0 Å². The molecule has 0 saturated carbocycles. The van der Waals surface area contributed by atoms with Gasteiger partial charge in [0.25, 0.3) is 0 Å². The van der Waals surface area contributed by atoms with Gasteiger partial charge in [0.15, 0.2) is 0 Å². The van der Waals surface area contributed by atoms with Gasteiger partial charge in [0, 0.05) is 6.61 Å². The smallest absolute Gasteiger partial charge is 0.308 e. The zero-order valence-corrected chi connectivity index (χ0v) is 26.2. The van der Waals surface area contributed by atoms with Crippen LogP contribution in [0, 0.1) is 0 Å². The van der Waals surface area contributed by atoms with Crippen LogP contribution in [0.4, 0.5) is 0 Å². The van der Waals surface area contributed by atoms with Gasteiger partial charge < -0.3 is 42.6 Å². The molecule has 0 rings (SSSR count). The lowest BCUT2D eigenvalue weighted by molar-refractivity contribution is -0.156. The van der Waals surface area contributed by atoms with E-state index in [1.54, 1.807) is 0 Å². The molecule has 0 heterocycles. The van der Waals surface area contributed by atoms with E-state index >= 15 is 0 Å². The fourth-order valence-corrected chi connectivity index (χ4v) is 3.38. The number of carbonyl (C=O) groups is 1. The first kappa shape index (κ1) is 37.9. The van der Waals surface area contributed by atoms with Crippen molar-refractivity contribution >= 4 is 28.6 Å². The van der Waals surface area contributed by atoms with Crippen LogP contribution in [0.2, 0.25) is 0 Å². The first-order chi connectivity index (χ1) is 18.5. The maximum atomic E-state index is 11.5. The zero-order valence-electron chi connectivity index (χ0n) is 24.0. The molecule has 0 aliphatic heterocycles. The number of alkyl halides is 1. The highest BCUT2D eigenvalue weighted by molar-refractivity contribution is 14.1. The maximum Gasteiger partial charge on any atom is 0.308 e. The second-order valence-electron chi connectivity index (χ2n) is 9.34. The normalized spacial score (nSPS) is 11.8. The average molecular weight is 665 g/mol. The topological polar surface area (TPSA) is 100 Å². The van der Waals surface area contributed by atoms with Gasteiger partial charge in [-0.3, -0.25) is 4.79 Å². The van der Waals surface area contributed by atoms with Gasteiger partial charge in [0.2, 0.25) is 0 Å². The van der Waals surface area contributed by atoms with Gasteiger partial charge >= 0.3 is 5.97 Å². The number of carbonyl (C=O) groups excluding carboxylic acids is 1. The lowest BCUT2D eigenvalue weighted by atomic mass is 10.2. The number of ether oxygens (including phenoxy) is 9. The van der Waals surface area contributed by atoms with E-state index in [9.17, 15) is 4.79 Å². The molecule has 0 aromatic carbocycles. The molecule has 0 aliphatic rings. The molecule has 0 aromatic rings. The molecule has 0 bridgehead atoms. The molecule has 0 saturated heterocycles. The predicted molar refractivity (Wildman–Crippen MR) is 154 cm³/mol. The summed E-state index contributed by atoms with van der Waals surface area (Å²) in [6.45, 7) is 14.0. The zero-order chi connectivity index (χ0) is 28.0. The lowest BCUT2D eigenvalue weighted by Crippen LogP contribution is -2.24. The van der Waals surface area contributed by atoms with Crippen LogP contribution in [0.25, 0.3) is 0 Å². The minimum atomic E-state index is -0.465. The van der Waals surface area contributed by atoms with Crippen molar-refractivity contribution in [2.45, 2.75) is 58.5 Å². The van der Waals surface area contributed by atoms with E-state index in [0.717, 1.165) is 13.0 Å². The Hall–Kier alpha value is -0.120. The van der Waals surface area contributed by atoms with Gasteiger partial charge in [-0.15, -0.1) is 0 Å². The van der Waals surface area contributed by atoms with Crippen LogP contribution in [-0.4, -0.2) is 122 Å². The van der Waals surface area contributed by atoms with Crippen molar-refractivity contribution in [1.29, 1.82) is 0 Å². The summed E-state index contributed by atoms with van der Waals surface area (Å²) in [5, 5.41) is 0. The van der Waals surface area contributed by atoms with E-state index in [1.165, 1.54) is 23.7 Å². The number of unbranched alkanes of at least 4 members (excludes halogenated alkanes) is 3. The van der Waals surface area contributed by atoms with Crippen molar-refractivity contribution in [1.82, 2.24) is 0 Å². The lowest BCUT2D eigenvalue weighted by Gasteiger charge is -2.19. The molecule has 0 aliphatic carbocycles. The van der Waals surface area contributed by atoms with Crippen LogP contribution in [0.15, 0.2) is 0 Å². The van der Waals surface area contributed by atoms with Crippen molar-refractivity contribution in [2.24, 2.45) is 0 Å². The Morgan fingerprint density at radius 1 is 0.474 bits per heavy atom. The van der Waals surface area contributed by atoms with E-state index in [-0.39, 0.29) is 12.4 Å². The predicted octanol–water partition coefficient (Wildman–Crippen LogP) is 3.85. The minimum absolute atomic E-state index is 0.241. The van der Waals surface area contributed by atoms with Gasteiger partial charge in [0.1, 0.15) is 5.60 Å². The number of hydrogen-bond donors (Lipinski definition) is 0. The van der Waals surface area contributed by atoms with Crippen LogP contribution < -0.4 is 0 Å². The third kappa shape index (κ3) is 33.9. The fourth-order valence-electron chi connectivity index (χ4n) is 2.84. The number of esters is 1. The van der Waals surface area contributed by atoms with E-state index in [0.29, 0.717) is 99.1 Å². The summed E-state index contributed by atoms with van der Waals surface area (Å²) in [6, 6.07) is 0. The summed E-state index contributed by atoms with van der Waals surface area (Å²) in [6.07, 6.45) is 5.22. The third-order valence-corrected chi connectivity index (χ3v) is 5.41. The van der Waals surface area contributed by atoms with Crippen LogP contribution in [0.3, 0.4) is 0 Å². The summed E-state index contributed by atoms with van der Waals surface area (Å²) in [5.74, 6) is -0.258. The van der Waals surface area contributed by atoms with Crippen LogP contribution in [0.1, 0.15) is 52.9 Å². The third-order valence-electron chi connectivity index (χ3n) is 4.65. The first-order valence-corrected chi connectivity index (χ1v) is 15.4. The van der Waals surface area contributed by atoms with Crippen LogP contribution in [0.5, 0.6) is 0 Å². The summed E-state index contributed by atoms with van der Waals surface area (Å²) in [7, 11) is 0. The molecule has 10 nitrogen and oxygen atoms in total. The molecular formula is C27H53IO10. The van der Waals surface area contributed by atoms with Crippen molar-refractivity contribution in [2.75, 3.05) is 110 Å². The van der Waals surface area contributed by atoms with Crippen molar-refractivity contribution < 1.29 is 47.4 Å². The summed E-state index contributed by atoms with van der Waals surface area (Å²) >= 11 is 2.42. The Morgan fingerprint density at radius 3 is 1.13 bits per heavy atom. The second-order valence-corrected chi connectivity index (χ2v) is 10.4. The average Bonchev–Trinajstić information content (AvgIpc) is 2.86. The molecule has 0 spiro atoms. The second kappa shape index (κ2) is 29.9. The molecule has 0 amide bonds. The quantitative estimate of drug-likeness (QED) is 0.0488. The summed E-state index contributed by atoms with van der Waals surface area (Å²) in [4.78, 5) is 11.5. The Kier molecular flexibility index (Phi) is 29.8. The van der Waals surface area contributed by atoms with E-state index in [1.807, 2.05) is 20.8 Å². The van der Waals surface area contributed by atoms with Crippen molar-refractivity contribution in [3.05, 3.63) is 0 Å². The fraction of sp³-hybridized carbons (Fsp3) is 0.963. The first-order valence-electron chi connectivity index (χ1n) is 13.9. The molecule has 38 heavy (non-hydrogen) atoms. The van der Waals surface area contributed by atoms with Crippen molar-refractivity contribution in [3.8, 4) is 0 Å². The summed E-state index contributed by atoms with van der Waals surface area (Å²) in [5.41, 5.74) is -0.465. The Balaban J connectivity index is 3.09. The molecule has 0 fully saturated rings. The molecule has 0 N–H and O–H groups in total. The molecule has 0 unspecified atom stereocenters. The summed E-state index contributed by atoms with van der Waals surface area (Å²) < 4.78 is 50.1. The molecule has 0 atom stereocenters. The van der Waals surface area contributed by atoms with E-state index in [4.69, 9.17) is 42.6 Å². The highest BCUT2D eigenvalue weighted by atomic mass is 127. The maximum absolute atomic E-state index is 11.5. The molecule has 228 valence electrons. The van der Waals surface area contributed by atoms with E-state index < -0.39 is 5.60 Å². The molecule has 0 radical (unpaired) electrons. The molecule has 0 aromatic heterocycles.